The van der Waals surface area contributed by atoms with E-state index in [2.05, 4.69) is 74.6 Å². The van der Waals surface area contributed by atoms with Gasteiger partial charge in [0.15, 0.2) is 0 Å². The van der Waals surface area contributed by atoms with Crippen LogP contribution in [0.15, 0.2) is 36.4 Å². The normalized spacial score (nSPS) is 15.2. The van der Waals surface area contributed by atoms with Crippen LogP contribution >= 0.6 is 0 Å². The second kappa shape index (κ2) is 7.49. The first kappa shape index (κ1) is 18.4. The van der Waals surface area contributed by atoms with Gasteiger partial charge >= 0.3 is 0 Å². The minimum absolute atomic E-state index is 0.0106. The molecule has 0 aromatic heterocycles. The lowest BCUT2D eigenvalue weighted by atomic mass is 9.90. The Morgan fingerprint density at radius 1 is 1.08 bits per heavy atom. The first-order valence-corrected chi connectivity index (χ1v) is 9.57. The fourth-order valence-corrected chi connectivity index (χ4v) is 3.59. The average Bonchev–Trinajstić information content (AvgIpc) is 3.42. The average molecular weight is 348 g/mol. The predicted molar refractivity (Wildman–Crippen MR) is 110 cm³/mol. The highest BCUT2D eigenvalue weighted by Gasteiger charge is 2.42. The molecule has 2 nitrogen and oxygen atoms in total. The summed E-state index contributed by atoms with van der Waals surface area (Å²) in [5, 5.41) is 2.97. The van der Waals surface area contributed by atoms with Gasteiger partial charge in [0, 0.05) is 13.5 Å². The number of nitrogens with one attached hydrogen (secondary N) is 1. The number of hydrogen-bond donors (Lipinski definition) is 1. The van der Waals surface area contributed by atoms with Crippen molar-refractivity contribution in [2.24, 2.45) is 0 Å². The number of carbonyl (C=O) groups is 1. The Hall–Kier alpha value is -2.35. The largest absolute Gasteiger partial charge is 0.352 e. The summed E-state index contributed by atoms with van der Waals surface area (Å²) in [6, 6.07) is 13.3. The Morgan fingerprint density at radius 3 is 2.46 bits per heavy atom. The smallest absolute Gasteiger partial charge is 0.217 e. The molecular weight excluding hydrogens is 318 g/mol. The summed E-state index contributed by atoms with van der Waals surface area (Å²) in [4.78, 5) is 11.4. The van der Waals surface area contributed by atoms with Crippen molar-refractivity contribution in [3.8, 4) is 0 Å². The maximum atomic E-state index is 11.4. The van der Waals surface area contributed by atoms with E-state index >= 15 is 0 Å². The van der Waals surface area contributed by atoms with Crippen molar-refractivity contribution >= 4 is 18.1 Å². The SMILES string of the molecule is CCC1(c2ccc(/C=C\c3cc(C)ccc3C)c(CNC(C)=O)c2)CC1. The Bertz CT molecular complexity index is 843. The zero-order chi connectivity index (χ0) is 18.7. The first-order valence-electron chi connectivity index (χ1n) is 9.57. The van der Waals surface area contributed by atoms with Crippen LogP contribution in [0.25, 0.3) is 12.2 Å². The zero-order valence-electron chi connectivity index (χ0n) is 16.4. The minimum atomic E-state index is 0.0106. The minimum Gasteiger partial charge on any atom is -0.352 e. The molecular formula is C24H29NO. The van der Waals surface area contributed by atoms with Gasteiger partial charge in [-0.3, -0.25) is 4.79 Å². The van der Waals surface area contributed by atoms with E-state index in [0.29, 0.717) is 12.0 Å². The van der Waals surface area contributed by atoms with E-state index in [0.717, 1.165) is 0 Å². The molecule has 0 radical (unpaired) electrons. The highest BCUT2D eigenvalue weighted by molar-refractivity contribution is 5.75. The van der Waals surface area contributed by atoms with Gasteiger partial charge in [0.25, 0.3) is 0 Å². The maximum Gasteiger partial charge on any atom is 0.217 e. The van der Waals surface area contributed by atoms with E-state index in [4.69, 9.17) is 0 Å². The molecule has 136 valence electrons. The van der Waals surface area contributed by atoms with Crippen LogP contribution in [0.3, 0.4) is 0 Å². The van der Waals surface area contributed by atoms with Crippen LogP contribution in [-0.4, -0.2) is 5.91 Å². The fourth-order valence-electron chi connectivity index (χ4n) is 3.59. The molecule has 1 amide bonds. The summed E-state index contributed by atoms with van der Waals surface area (Å²) in [5.74, 6) is 0.0106. The van der Waals surface area contributed by atoms with Crippen molar-refractivity contribution in [2.75, 3.05) is 0 Å². The summed E-state index contributed by atoms with van der Waals surface area (Å²) in [5.41, 5.74) is 7.95. The van der Waals surface area contributed by atoms with Crippen molar-refractivity contribution in [1.82, 2.24) is 5.32 Å². The summed E-state index contributed by atoms with van der Waals surface area (Å²) in [7, 11) is 0. The van der Waals surface area contributed by atoms with E-state index < -0.39 is 0 Å². The van der Waals surface area contributed by atoms with E-state index in [-0.39, 0.29) is 5.91 Å². The predicted octanol–water partition coefficient (Wildman–Crippen LogP) is 5.55. The van der Waals surface area contributed by atoms with Crippen LogP contribution in [0.4, 0.5) is 0 Å². The van der Waals surface area contributed by atoms with E-state index in [1.54, 1.807) is 6.92 Å². The van der Waals surface area contributed by atoms with Crippen molar-refractivity contribution < 1.29 is 4.79 Å². The number of rotatable bonds is 6. The molecule has 0 spiro atoms. The lowest BCUT2D eigenvalue weighted by Crippen LogP contribution is -2.20. The number of carbonyl (C=O) groups excluding carboxylic acids is 1. The van der Waals surface area contributed by atoms with Crippen LogP contribution in [0.1, 0.15) is 66.5 Å². The molecule has 0 bridgehead atoms. The molecule has 0 heterocycles. The molecule has 0 saturated heterocycles. The maximum absolute atomic E-state index is 11.4. The quantitative estimate of drug-likeness (QED) is 0.682. The van der Waals surface area contributed by atoms with Crippen LogP contribution < -0.4 is 5.32 Å². The van der Waals surface area contributed by atoms with E-state index in [1.807, 2.05) is 0 Å². The molecule has 0 aliphatic heterocycles. The second-order valence-corrected chi connectivity index (χ2v) is 7.65. The topological polar surface area (TPSA) is 29.1 Å². The second-order valence-electron chi connectivity index (χ2n) is 7.65. The van der Waals surface area contributed by atoms with Gasteiger partial charge in [0.1, 0.15) is 0 Å². The van der Waals surface area contributed by atoms with Gasteiger partial charge in [-0.05, 0) is 66.3 Å². The third kappa shape index (κ3) is 4.07. The van der Waals surface area contributed by atoms with Crippen molar-refractivity contribution in [3.63, 3.8) is 0 Å². The van der Waals surface area contributed by atoms with Gasteiger partial charge in [-0.15, -0.1) is 0 Å². The number of amides is 1. The first-order chi connectivity index (χ1) is 12.4. The zero-order valence-corrected chi connectivity index (χ0v) is 16.4. The van der Waals surface area contributed by atoms with Crippen LogP contribution in [0.2, 0.25) is 0 Å². The summed E-state index contributed by atoms with van der Waals surface area (Å²) >= 11 is 0. The van der Waals surface area contributed by atoms with Gasteiger partial charge in [0.2, 0.25) is 5.91 Å². The van der Waals surface area contributed by atoms with Gasteiger partial charge in [-0.1, -0.05) is 61.0 Å². The third-order valence-corrected chi connectivity index (χ3v) is 5.69. The van der Waals surface area contributed by atoms with Crippen LogP contribution in [-0.2, 0) is 16.8 Å². The Balaban J connectivity index is 1.93. The fraction of sp³-hybridized carbons (Fsp3) is 0.375. The standard InChI is InChI=1S/C24H29NO/c1-5-24(12-13-24)23-11-10-20(22(15-23)16-25-19(4)26)8-9-21-14-17(2)6-7-18(21)3/h6-11,14-15H,5,12-13,16H2,1-4H3,(H,25,26)/b9-8-. The lowest BCUT2D eigenvalue weighted by Gasteiger charge is -2.16. The number of hydrogen-bond acceptors (Lipinski definition) is 1. The molecule has 2 aromatic rings. The highest BCUT2D eigenvalue weighted by Crippen LogP contribution is 2.51. The van der Waals surface area contributed by atoms with Gasteiger partial charge in [-0.2, -0.15) is 0 Å². The molecule has 1 fully saturated rings. The van der Waals surface area contributed by atoms with E-state index in [9.17, 15) is 4.79 Å². The number of aryl methyl sites for hydroxylation is 2. The molecule has 2 heteroatoms. The summed E-state index contributed by atoms with van der Waals surface area (Å²) in [6.45, 7) is 8.68. The molecule has 0 atom stereocenters. The lowest BCUT2D eigenvalue weighted by molar-refractivity contribution is -0.119. The Morgan fingerprint density at radius 2 is 1.81 bits per heavy atom. The number of benzene rings is 2. The molecule has 2 aromatic carbocycles. The Labute approximate surface area is 157 Å². The van der Waals surface area contributed by atoms with Crippen molar-refractivity contribution in [1.29, 1.82) is 0 Å². The van der Waals surface area contributed by atoms with Crippen LogP contribution in [0, 0.1) is 13.8 Å². The molecule has 1 N–H and O–H groups in total. The van der Waals surface area contributed by atoms with Crippen molar-refractivity contribution in [3.05, 3.63) is 69.8 Å². The van der Waals surface area contributed by atoms with Gasteiger partial charge < -0.3 is 5.32 Å². The highest BCUT2D eigenvalue weighted by atomic mass is 16.1. The Kier molecular flexibility index (Phi) is 5.31. The molecule has 3 rings (SSSR count). The van der Waals surface area contributed by atoms with Gasteiger partial charge in [-0.25, -0.2) is 0 Å². The molecule has 1 aliphatic rings. The monoisotopic (exact) mass is 347 g/mol. The molecule has 1 aliphatic carbocycles. The summed E-state index contributed by atoms with van der Waals surface area (Å²) < 4.78 is 0. The van der Waals surface area contributed by atoms with Crippen molar-refractivity contribution in [2.45, 2.75) is 58.9 Å². The third-order valence-electron chi connectivity index (χ3n) is 5.69. The van der Waals surface area contributed by atoms with E-state index in [1.165, 1.54) is 52.6 Å². The molecule has 1 saturated carbocycles. The van der Waals surface area contributed by atoms with Crippen LogP contribution in [0.5, 0.6) is 0 Å². The molecule has 26 heavy (non-hydrogen) atoms. The van der Waals surface area contributed by atoms with Gasteiger partial charge in [0.05, 0.1) is 0 Å². The molecule has 0 unspecified atom stereocenters. The summed E-state index contributed by atoms with van der Waals surface area (Å²) in [6.07, 6.45) is 8.10.